The summed E-state index contributed by atoms with van der Waals surface area (Å²) in [4.78, 5) is 0. The second-order valence-electron chi connectivity index (χ2n) is 3.69. The molecule has 1 saturated carbocycles. The van der Waals surface area contributed by atoms with E-state index in [-0.39, 0.29) is 0 Å². The largest absolute Gasteiger partial charge is 0.313 e. The highest BCUT2D eigenvalue weighted by Crippen LogP contribution is 2.31. The van der Waals surface area contributed by atoms with Gasteiger partial charge in [0.1, 0.15) is 0 Å². The van der Waals surface area contributed by atoms with Crippen LogP contribution in [0, 0.1) is 23.2 Å². The average Bonchev–Trinajstić information content (AvgIpc) is 1.95. The Labute approximate surface area is 63.3 Å². The molecule has 10 heavy (non-hydrogen) atoms. The second kappa shape index (κ2) is 3.18. The molecule has 0 aliphatic heterocycles. The van der Waals surface area contributed by atoms with Crippen molar-refractivity contribution in [1.82, 2.24) is 0 Å². The zero-order valence-corrected chi connectivity index (χ0v) is 6.93. The Morgan fingerprint density at radius 1 is 1.20 bits per heavy atom. The lowest BCUT2D eigenvalue weighted by Gasteiger charge is -2.29. The number of nitrogens with one attached hydrogen (secondary N) is 1. The molecule has 3 atom stereocenters. The van der Waals surface area contributed by atoms with E-state index in [4.69, 9.17) is 5.41 Å². The van der Waals surface area contributed by atoms with Crippen LogP contribution in [0.1, 0.15) is 33.1 Å². The van der Waals surface area contributed by atoms with Gasteiger partial charge in [-0.25, -0.2) is 0 Å². The molecule has 0 aromatic heterocycles. The smallest absolute Gasteiger partial charge is 0.00166 e. The molecule has 1 aliphatic rings. The van der Waals surface area contributed by atoms with Crippen LogP contribution in [0.15, 0.2) is 0 Å². The number of hydrogen-bond donors (Lipinski definition) is 1. The molecule has 0 aromatic rings. The van der Waals surface area contributed by atoms with Crippen LogP contribution in [0.25, 0.3) is 0 Å². The van der Waals surface area contributed by atoms with Gasteiger partial charge in [-0.1, -0.05) is 13.8 Å². The molecule has 1 rings (SSSR count). The molecule has 58 valence electrons. The van der Waals surface area contributed by atoms with Gasteiger partial charge in [-0.05, 0) is 43.2 Å². The van der Waals surface area contributed by atoms with E-state index in [9.17, 15) is 0 Å². The minimum absolute atomic E-state index is 0.589. The molecule has 0 amide bonds. The Morgan fingerprint density at radius 2 is 1.90 bits per heavy atom. The molecule has 0 bridgehead atoms. The van der Waals surface area contributed by atoms with Crippen molar-refractivity contribution in [3.8, 4) is 0 Å². The lowest BCUT2D eigenvalue weighted by Crippen LogP contribution is -2.21. The Kier molecular flexibility index (Phi) is 2.47. The zero-order valence-electron chi connectivity index (χ0n) is 6.93. The highest BCUT2D eigenvalue weighted by Gasteiger charge is 2.22. The van der Waals surface area contributed by atoms with Crippen LogP contribution in [0.2, 0.25) is 0 Å². The summed E-state index contributed by atoms with van der Waals surface area (Å²) in [5.74, 6) is 2.31. The van der Waals surface area contributed by atoms with Crippen molar-refractivity contribution in [3.05, 3.63) is 0 Å². The van der Waals surface area contributed by atoms with E-state index in [2.05, 4.69) is 13.8 Å². The maximum atomic E-state index is 7.13. The maximum absolute atomic E-state index is 7.13. The van der Waals surface area contributed by atoms with Crippen LogP contribution >= 0.6 is 0 Å². The fourth-order valence-electron chi connectivity index (χ4n) is 1.74. The molecular weight excluding hydrogens is 122 g/mol. The monoisotopic (exact) mass is 139 g/mol. The van der Waals surface area contributed by atoms with E-state index in [0.717, 1.165) is 11.8 Å². The lowest BCUT2D eigenvalue weighted by molar-refractivity contribution is 0.248. The second-order valence-corrected chi connectivity index (χ2v) is 3.69. The fraction of sp³-hybridized carbons (Fsp3) is 0.889. The molecular formula is C9H17N. The van der Waals surface area contributed by atoms with Gasteiger partial charge < -0.3 is 5.41 Å². The Morgan fingerprint density at radius 3 is 2.40 bits per heavy atom. The highest BCUT2D eigenvalue weighted by molar-refractivity contribution is 5.56. The first kappa shape index (κ1) is 7.77. The Balaban J connectivity index is 2.40. The van der Waals surface area contributed by atoms with E-state index in [1.165, 1.54) is 19.3 Å². The summed E-state index contributed by atoms with van der Waals surface area (Å²) in [5.41, 5.74) is 0. The van der Waals surface area contributed by atoms with Gasteiger partial charge in [0.05, 0.1) is 0 Å². The van der Waals surface area contributed by atoms with Gasteiger partial charge in [0.25, 0.3) is 0 Å². The quantitative estimate of drug-likeness (QED) is 0.540. The van der Waals surface area contributed by atoms with Gasteiger partial charge in [-0.2, -0.15) is 0 Å². The number of rotatable bonds is 1. The maximum Gasteiger partial charge on any atom is -0.00166 e. The third-order valence-corrected chi connectivity index (χ3v) is 2.87. The molecule has 1 heteroatoms. The van der Waals surface area contributed by atoms with E-state index in [1.54, 1.807) is 6.21 Å². The molecule has 0 spiro atoms. The third-order valence-electron chi connectivity index (χ3n) is 2.87. The summed E-state index contributed by atoms with van der Waals surface area (Å²) in [6.07, 6.45) is 5.43. The predicted molar refractivity (Wildman–Crippen MR) is 44.5 cm³/mol. The SMILES string of the molecule is C[C@@H]1CCC(C=N)C[C@@H]1C. The van der Waals surface area contributed by atoms with Gasteiger partial charge in [-0.15, -0.1) is 0 Å². The molecule has 0 saturated heterocycles. The molecule has 1 aliphatic carbocycles. The van der Waals surface area contributed by atoms with Crippen LogP contribution in [-0.2, 0) is 0 Å². The lowest BCUT2D eigenvalue weighted by atomic mass is 9.76. The Bertz CT molecular complexity index is 120. The molecule has 0 aromatic carbocycles. The van der Waals surface area contributed by atoms with Gasteiger partial charge in [0.2, 0.25) is 0 Å². The average molecular weight is 139 g/mol. The minimum Gasteiger partial charge on any atom is -0.313 e. The molecule has 1 unspecified atom stereocenters. The summed E-state index contributed by atoms with van der Waals surface area (Å²) in [6, 6.07) is 0. The normalized spacial score (nSPS) is 41.2. The van der Waals surface area contributed by atoms with Crippen LogP contribution in [0.4, 0.5) is 0 Å². The molecule has 1 fully saturated rings. The third kappa shape index (κ3) is 1.59. The zero-order chi connectivity index (χ0) is 7.56. The summed E-state index contributed by atoms with van der Waals surface area (Å²) >= 11 is 0. The van der Waals surface area contributed by atoms with E-state index in [1.807, 2.05) is 0 Å². The van der Waals surface area contributed by atoms with Crippen molar-refractivity contribution in [2.45, 2.75) is 33.1 Å². The van der Waals surface area contributed by atoms with Gasteiger partial charge >= 0.3 is 0 Å². The summed E-state index contributed by atoms with van der Waals surface area (Å²) in [5, 5.41) is 7.13. The summed E-state index contributed by atoms with van der Waals surface area (Å²) < 4.78 is 0. The van der Waals surface area contributed by atoms with Crippen molar-refractivity contribution in [3.63, 3.8) is 0 Å². The molecule has 0 radical (unpaired) electrons. The molecule has 1 nitrogen and oxygen atoms in total. The highest BCUT2D eigenvalue weighted by atomic mass is 14.4. The van der Waals surface area contributed by atoms with Gasteiger partial charge in [-0.3, -0.25) is 0 Å². The van der Waals surface area contributed by atoms with Crippen LogP contribution in [0.3, 0.4) is 0 Å². The predicted octanol–water partition coefficient (Wildman–Crippen LogP) is 2.71. The van der Waals surface area contributed by atoms with Crippen molar-refractivity contribution in [2.75, 3.05) is 0 Å². The standard InChI is InChI=1S/C9H17N/c1-7-3-4-9(6-10)5-8(7)2/h6-10H,3-5H2,1-2H3/t7-,8+,9?/m1/s1. The summed E-state index contributed by atoms with van der Waals surface area (Å²) in [6.45, 7) is 4.63. The van der Waals surface area contributed by atoms with E-state index in [0.29, 0.717) is 5.92 Å². The number of hydrogen-bond acceptors (Lipinski definition) is 1. The van der Waals surface area contributed by atoms with Crippen molar-refractivity contribution >= 4 is 6.21 Å². The fourth-order valence-corrected chi connectivity index (χ4v) is 1.74. The molecule has 1 N–H and O–H groups in total. The van der Waals surface area contributed by atoms with Crippen LogP contribution in [-0.4, -0.2) is 6.21 Å². The van der Waals surface area contributed by atoms with Crippen molar-refractivity contribution in [1.29, 1.82) is 5.41 Å². The summed E-state index contributed by atoms with van der Waals surface area (Å²) in [7, 11) is 0. The Hall–Kier alpha value is -0.330. The molecule has 0 heterocycles. The van der Waals surface area contributed by atoms with Gasteiger partial charge in [0, 0.05) is 0 Å². The van der Waals surface area contributed by atoms with Crippen LogP contribution in [0.5, 0.6) is 0 Å². The van der Waals surface area contributed by atoms with Gasteiger partial charge in [0.15, 0.2) is 0 Å². The first-order chi connectivity index (χ1) is 4.74. The van der Waals surface area contributed by atoms with Crippen molar-refractivity contribution in [2.24, 2.45) is 17.8 Å². The van der Waals surface area contributed by atoms with E-state index >= 15 is 0 Å². The van der Waals surface area contributed by atoms with E-state index < -0.39 is 0 Å². The topological polar surface area (TPSA) is 23.9 Å². The van der Waals surface area contributed by atoms with Crippen LogP contribution < -0.4 is 0 Å². The minimum atomic E-state index is 0.589. The van der Waals surface area contributed by atoms with Crippen molar-refractivity contribution < 1.29 is 0 Å². The first-order valence-corrected chi connectivity index (χ1v) is 4.24. The first-order valence-electron chi connectivity index (χ1n) is 4.24.